The molecule has 0 radical (unpaired) electrons. The largest absolute Gasteiger partial charge is 0.439 e. The Hall–Kier alpha value is -2.38. The molecular formula is C15H15N3O. The lowest BCUT2D eigenvalue weighted by atomic mass is 10.1. The van der Waals surface area contributed by atoms with Crippen LogP contribution in [0.15, 0.2) is 36.4 Å². The number of ether oxygens (including phenoxy) is 1. The highest BCUT2D eigenvalue weighted by atomic mass is 16.5. The number of hydrogen-bond donors (Lipinski definition) is 1. The van der Waals surface area contributed by atoms with Gasteiger partial charge in [0.25, 0.3) is 0 Å². The maximum Gasteiger partial charge on any atom is 0.220 e. The Kier molecular flexibility index (Phi) is 4.11. The van der Waals surface area contributed by atoms with Crippen LogP contribution in [0.5, 0.6) is 11.6 Å². The van der Waals surface area contributed by atoms with Crippen molar-refractivity contribution in [2.24, 2.45) is 5.73 Å². The Balaban J connectivity index is 2.17. The highest BCUT2D eigenvalue weighted by Gasteiger charge is 2.03. The molecule has 2 aromatic rings. The predicted molar refractivity (Wildman–Crippen MR) is 73.0 cm³/mol. The summed E-state index contributed by atoms with van der Waals surface area (Å²) in [6.07, 6.45) is 0.849. The number of rotatable bonds is 4. The van der Waals surface area contributed by atoms with Crippen molar-refractivity contribution in [1.82, 2.24) is 4.98 Å². The Bertz CT molecular complexity index is 600. The monoisotopic (exact) mass is 253 g/mol. The summed E-state index contributed by atoms with van der Waals surface area (Å²) in [5.41, 5.74) is 7.97. The molecule has 0 aliphatic heterocycles. The number of pyridine rings is 1. The third-order valence-electron chi connectivity index (χ3n) is 2.64. The molecule has 0 spiro atoms. The number of aromatic nitrogens is 1. The van der Waals surface area contributed by atoms with E-state index < -0.39 is 0 Å². The zero-order valence-corrected chi connectivity index (χ0v) is 10.8. The van der Waals surface area contributed by atoms with Crippen molar-refractivity contribution < 1.29 is 4.74 Å². The molecule has 1 aromatic carbocycles. The van der Waals surface area contributed by atoms with Gasteiger partial charge in [-0.2, -0.15) is 5.26 Å². The molecule has 2 N–H and O–H groups in total. The summed E-state index contributed by atoms with van der Waals surface area (Å²) in [5, 5.41) is 8.90. The Morgan fingerprint density at radius 2 is 2.00 bits per heavy atom. The van der Waals surface area contributed by atoms with Crippen molar-refractivity contribution in [3.05, 3.63) is 53.2 Å². The van der Waals surface area contributed by atoms with Crippen molar-refractivity contribution in [1.29, 1.82) is 5.26 Å². The molecule has 1 heterocycles. The summed E-state index contributed by atoms with van der Waals surface area (Å²) >= 11 is 0. The quantitative estimate of drug-likeness (QED) is 0.908. The minimum absolute atomic E-state index is 0.433. The molecule has 0 unspecified atom stereocenters. The topological polar surface area (TPSA) is 71.9 Å². The summed E-state index contributed by atoms with van der Waals surface area (Å²) in [4.78, 5) is 4.24. The molecule has 96 valence electrons. The smallest absolute Gasteiger partial charge is 0.220 e. The molecule has 0 fully saturated rings. The minimum Gasteiger partial charge on any atom is -0.439 e. The van der Waals surface area contributed by atoms with Gasteiger partial charge in [0, 0.05) is 11.8 Å². The van der Waals surface area contributed by atoms with E-state index >= 15 is 0 Å². The second kappa shape index (κ2) is 5.98. The third kappa shape index (κ3) is 3.54. The van der Waals surface area contributed by atoms with E-state index in [0.717, 1.165) is 12.1 Å². The normalized spacial score (nSPS) is 9.95. The van der Waals surface area contributed by atoms with Gasteiger partial charge in [-0.1, -0.05) is 12.1 Å². The van der Waals surface area contributed by atoms with Crippen molar-refractivity contribution >= 4 is 0 Å². The fourth-order valence-electron chi connectivity index (χ4n) is 1.77. The molecule has 0 aliphatic rings. The molecule has 0 bridgehead atoms. The lowest BCUT2D eigenvalue weighted by molar-refractivity contribution is 0.461. The van der Waals surface area contributed by atoms with Crippen LogP contribution in [0.1, 0.15) is 16.8 Å². The van der Waals surface area contributed by atoms with Crippen LogP contribution in [-0.2, 0) is 6.42 Å². The molecule has 19 heavy (non-hydrogen) atoms. The Morgan fingerprint density at radius 1 is 1.26 bits per heavy atom. The second-order valence-corrected chi connectivity index (χ2v) is 4.23. The van der Waals surface area contributed by atoms with Crippen LogP contribution in [0, 0.1) is 18.3 Å². The van der Waals surface area contributed by atoms with Gasteiger partial charge in [-0.05, 0) is 43.7 Å². The van der Waals surface area contributed by atoms with Crippen LogP contribution in [0.25, 0.3) is 0 Å². The molecule has 1 aromatic heterocycles. The third-order valence-corrected chi connectivity index (χ3v) is 2.64. The van der Waals surface area contributed by atoms with Crippen molar-refractivity contribution in [3.8, 4) is 17.7 Å². The molecule has 4 heteroatoms. The number of nitriles is 1. The van der Waals surface area contributed by atoms with Gasteiger partial charge in [0.15, 0.2) is 0 Å². The van der Waals surface area contributed by atoms with Crippen LogP contribution in [0.4, 0.5) is 0 Å². The van der Waals surface area contributed by atoms with E-state index in [1.165, 1.54) is 5.56 Å². The van der Waals surface area contributed by atoms with Crippen LogP contribution in [0.3, 0.4) is 0 Å². The van der Waals surface area contributed by atoms with E-state index in [1.54, 1.807) is 12.1 Å². The van der Waals surface area contributed by atoms with Crippen LogP contribution in [0.2, 0.25) is 0 Å². The summed E-state index contributed by atoms with van der Waals surface area (Å²) < 4.78 is 5.64. The zero-order chi connectivity index (χ0) is 13.7. The molecular weight excluding hydrogens is 238 g/mol. The molecule has 0 aliphatic carbocycles. The first kappa shape index (κ1) is 13.1. The van der Waals surface area contributed by atoms with E-state index in [9.17, 15) is 0 Å². The van der Waals surface area contributed by atoms with Crippen LogP contribution in [-0.4, -0.2) is 11.5 Å². The van der Waals surface area contributed by atoms with Crippen LogP contribution >= 0.6 is 0 Å². The summed E-state index contributed by atoms with van der Waals surface area (Å²) in [7, 11) is 0. The fraction of sp³-hybridized carbons (Fsp3) is 0.200. The maximum atomic E-state index is 8.90. The lowest BCUT2D eigenvalue weighted by Crippen LogP contribution is -2.02. The van der Waals surface area contributed by atoms with E-state index in [1.807, 2.05) is 31.2 Å². The Labute approximate surface area is 112 Å². The van der Waals surface area contributed by atoms with Gasteiger partial charge in [0.05, 0.1) is 11.6 Å². The predicted octanol–water partition coefficient (Wildman–Crippen LogP) is 2.56. The van der Waals surface area contributed by atoms with Gasteiger partial charge >= 0.3 is 0 Å². The van der Waals surface area contributed by atoms with E-state index in [4.69, 9.17) is 15.7 Å². The average molecular weight is 253 g/mol. The summed E-state index contributed by atoms with van der Waals surface area (Å²) in [6.45, 7) is 2.46. The second-order valence-electron chi connectivity index (χ2n) is 4.23. The minimum atomic E-state index is 0.433. The number of nitrogens with zero attached hydrogens (tertiary/aromatic N) is 2. The molecule has 0 saturated carbocycles. The van der Waals surface area contributed by atoms with Crippen molar-refractivity contribution in [2.45, 2.75) is 13.3 Å². The SMILES string of the molecule is Cc1cc(C#N)cc(Oc2ccc(CCN)cc2)n1. The van der Waals surface area contributed by atoms with Gasteiger partial charge in [0.2, 0.25) is 5.88 Å². The fourth-order valence-corrected chi connectivity index (χ4v) is 1.77. The maximum absolute atomic E-state index is 8.90. The van der Waals surface area contributed by atoms with Crippen molar-refractivity contribution in [3.63, 3.8) is 0 Å². The van der Waals surface area contributed by atoms with E-state index in [2.05, 4.69) is 11.1 Å². The van der Waals surface area contributed by atoms with Gasteiger partial charge in [-0.25, -0.2) is 4.98 Å². The van der Waals surface area contributed by atoms with Gasteiger partial charge in [-0.15, -0.1) is 0 Å². The van der Waals surface area contributed by atoms with Crippen LogP contribution < -0.4 is 10.5 Å². The first-order chi connectivity index (χ1) is 9.21. The molecule has 4 nitrogen and oxygen atoms in total. The van der Waals surface area contributed by atoms with Gasteiger partial charge < -0.3 is 10.5 Å². The average Bonchev–Trinajstić information content (AvgIpc) is 2.40. The number of nitrogens with two attached hydrogens (primary N) is 1. The molecule has 0 saturated heterocycles. The van der Waals surface area contributed by atoms with Gasteiger partial charge in [0.1, 0.15) is 5.75 Å². The molecule has 0 atom stereocenters. The first-order valence-electron chi connectivity index (χ1n) is 6.07. The number of hydrogen-bond acceptors (Lipinski definition) is 4. The van der Waals surface area contributed by atoms with E-state index in [-0.39, 0.29) is 0 Å². The van der Waals surface area contributed by atoms with Crippen molar-refractivity contribution in [2.75, 3.05) is 6.54 Å². The summed E-state index contributed by atoms with van der Waals surface area (Å²) in [6, 6.07) is 13.1. The number of aryl methyl sites for hydroxylation is 1. The first-order valence-corrected chi connectivity index (χ1v) is 6.07. The number of benzene rings is 1. The molecule has 2 rings (SSSR count). The standard InChI is InChI=1S/C15H15N3O/c1-11-8-13(10-17)9-15(18-11)19-14-4-2-12(3-5-14)6-7-16/h2-5,8-9H,6-7,16H2,1H3. The molecule has 0 amide bonds. The highest BCUT2D eigenvalue weighted by Crippen LogP contribution is 2.21. The zero-order valence-electron chi connectivity index (χ0n) is 10.8. The Morgan fingerprint density at radius 3 is 2.63 bits per heavy atom. The highest BCUT2D eigenvalue weighted by molar-refractivity contribution is 5.37. The van der Waals surface area contributed by atoms with Gasteiger partial charge in [-0.3, -0.25) is 0 Å². The van der Waals surface area contributed by atoms with E-state index in [0.29, 0.717) is 23.7 Å². The summed E-state index contributed by atoms with van der Waals surface area (Å²) in [5.74, 6) is 1.13. The lowest BCUT2D eigenvalue weighted by Gasteiger charge is -2.07.